The number of carbonyl (C=O) groups is 3. The van der Waals surface area contributed by atoms with Gasteiger partial charge in [0.2, 0.25) is 11.8 Å². The van der Waals surface area contributed by atoms with Crippen molar-refractivity contribution >= 4 is 17.9 Å². The van der Waals surface area contributed by atoms with E-state index >= 15 is 0 Å². The van der Waals surface area contributed by atoms with Gasteiger partial charge in [-0.05, 0) is 39.5 Å². The Morgan fingerprint density at radius 2 is 1.48 bits per heavy atom. The molecule has 1 unspecified atom stereocenters. The minimum Gasteiger partial charge on any atom is -0.444 e. The molecular formula is C19H33N3O5. The maximum Gasteiger partial charge on any atom is 0.410 e. The van der Waals surface area contributed by atoms with Gasteiger partial charge in [-0.3, -0.25) is 9.59 Å². The van der Waals surface area contributed by atoms with Crippen molar-refractivity contribution in [3.63, 3.8) is 0 Å². The van der Waals surface area contributed by atoms with E-state index in [1.807, 2.05) is 20.8 Å². The molecule has 8 heteroatoms. The van der Waals surface area contributed by atoms with Gasteiger partial charge in [0.1, 0.15) is 5.60 Å². The third-order valence-corrected chi connectivity index (χ3v) is 4.97. The van der Waals surface area contributed by atoms with Gasteiger partial charge in [0, 0.05) is 58.7 Å². The summed E-state index contributed by atoms with van der Waals surface area (Å²) in [6, 6.07) is 0. The number of hydrogen-bond acceptors (Lipinski definition) is 5. The van der Waals surface area contributed by atoms with Crippen molar-refractivity contribution in [1.82, 2.24) is 14.7 Å². The molecule has 0 aromatic heterocycles. The van der Waals surface area contributed by atoms with Crippen LogP contribution >= 0.6 is 0 Å². The number of ether oxygens (including phenoxy) is 1. The molecule has 0 aromatic carbocycles. The second kappa shape index (κ2) is 9.39. The zero-order valence-corrected chi connectivity index (χ0v) is 16.8. The largest absolute Gasteiger partial charge is 0.444 e. The highest BCUT2D eigenvalue weighted by Gasteiger charge is 2.28. The number of piperazine rings is 1. The molecule has 0 saturated carbocycles. The normalized spacial score (nSPS) is 21.2. The van der Waals surface area contributed by atoms with Gasteiger partial charge in [-0.1, -0.05) is 0 Å². The summed E-state index contributed by atoms with van der Waals surface area (Å²) in [5, 5.41) is 9.27. The van der Waals surface area contributed by atoms with E-state index in [0.717, 1.165) is 12.8 Å². The predicted molar refractivity (Wildman–Crippen MR) is 100 cm³/mol. The van der Waals surface area contributed by atoms with E-state index < -0.39 is 5.60 Å². The predicted octanol–water partition coefficient (Wildman–Crippen LogP) is 1.08. The van der Waals surface area contributed by atoms with Crippen molar-refractivity contribution in [3.05, 3.63) is 0 Å². The van der Waals surface area contributed by atoms with E-state index in [4.69, 9.17) is 4.74 Å². The summed E-state index contributed by atoms with van der Waals surface area (Å²) in [5.41, 5.74) is -0.534. The Morgan fingerprint density at radius 3 is 2.04 bits per heavy atom. The lowest BCUT2D eigenvalue weighted by Crippen LogP contribution is -2.51. The summed E-state index contributed by atoms with van der Waals surface area (Å²) in [7, 11) is 0. The average molecular weight is 383 g/mol. The van der Waals surface area contributed by atoms with Crippen LogP contribution in [0.2, 0.25) is 0 Å². The highest BCUT2D eigenvalue weighted by Crippen LogP contribution is 2.17. The quantitative estimate of drug-likeness (QED) is 0.784. The molecule has 0 aromatic rings. The number of amides is 3. The van der Waals surface area contributed by atoms with E-state index in [1.54, 1.807) is 14.7 Å². The highest BCUT2D eigenvalue weighted by molar-refractivity contribution is 5.84. The molecule has 2 saturated heterocycles. The van der Waals surface area contributed by atoms with Gasteiger partial charge in [0.25, 0.3) is 0 Å². The minimum atomic E-state index is -0.534. The maximum atomic E-state index is 12.4. The Balaban J connectivity index is 1.71. The van der Waals surface area contributed by atoms with E-state index in [2.05, 4.69) is 0 Å². The molecule has 154 valence electrons. The first-order valence-corrected chi connectivity index (χ1v) is 9.84. The summed E-state index contributed by atoms with van der Waals surface area (Å²) >= 11 is 0. The summed E-state index contributed by atoms with van der Waals surface area (Å²) in [6.45, 7) is 8.68. The molecule has 0 bridgehead atoms. The first-order chi connectivity index (χ1) is 12.7. The summed E-state index contributed by atoms with van der Waals surface area (Å²) < 4.78 is 5.35. The fraction of sp³-hybridized carbons (Fsp3) is 0.842. The number of aliphatic hydroxyl groups is 1. The average Bonchev–Trinajstić information content (AvgIpc) is 2.64. The maximum absolute atomic E-state index is 12.4. The second-order valence-corrected chi connectivity index (χ2v) is 8.38. The monoisotopic (exact) mass is 383 g/mol. The summed E-state index contributed by atoms with van der Waals surface area (Å²) in [5.74, 6) is 0.0798. The number of likely N-dealkylation sites (tertiary alicyclic amines) is 1. The molecule has 8 nitrogen and oxygen atoms in total. The lowest BCUT2D eigenvalue weighted by atomic mass is 9.98. The first kappa shape index (κ1) is 21.5. The van der Waals surface area contributed by atoms with Gasteiger partial charge in [0.05, 0.1) is 0 Å². The molecule has 2 heterocycles. The number of rotatable bonds is 4. The first-order valence-electron chi connectivity index (χ1n) is 9.84. The highest BCUT2D eigenvalue weighted by atomic mass is 16.6. The zero-order chi connectivity index (χ0) is 20.0. The molecule has 1 atom stereocenters. The fourth-order valence-electron chi connectivity index (χ4n) is 3.44. The number of aliphatic hydroxyl groups excluding tert-OH is 1. The summed E-state index contributed by atoms with van der Waals surface area (Å²) in [6.07, 6.45) is 1.88. The Hall–Kier alpha value is -1.83. The van der Waals surface area contributed by atoms with Gasteiger partial charge >= 0.3 is 6.09 Å². The van der Waals surface area contributed by atoms with Gasteiger partial charge in [-0.2, -0.15) is 0 Å². The lowest BCUT2D eigenvalue weighted by molar-refractivity contribution is -0.139. The van der Waals surface area contributed by atoms with Crippen LogP contribution in [-0.4, -0.2) is 89.2 Å². The topological polar surface area (TPSA) is 90.4 Å². The molecule has 2 rings (SSSR count). The zero-order valence-electron chi connectivity index (χ0n) is 16.8. The lowest BCUT2D eigenvalue weighted by Gasteiger charge is -2.36. The molecule has 27 heavy (non-hydrogen) atoms. The van der Waals surface area contributed by atoms with Crippen molar-refractivity contribution < 1.29 is 24.2 Å². The molecule has 0 spiro atoms. The van der Waals surface area contributed by atoms with Gasteiger partial charge in [-0.25, -0.2) is 4.79 Å². The molecule has 2 aliphatic rings. The number of hydrogen-bond donors (Lipinski definition) is 1. The van der Waals surface area contributed by atoms with Crippen LogP contribution in [-0.2, 0) is 14.3 Å². The molecule has 0 aliphatic carbocycles. The SMILES string of the molecule is CC(C)(C)OC(=O)N1CCN(C(=O)CCC(=O)N2CCCC(CO)C2)CC1. The van der Waals surface area contributed by atoms with E-state index in [-0.39, 0.29) is 43.3 Å². The van der Waals surface area contributed by atoms with E-state index in [1.165, 1.54) is 0 Å². The Morgan fingerprint density at radius 1 is 0.926 bits per heavy atom. The van der Waals surface area contributed by atoms with Crippen LogP contribution in [0.25, 0.3) is 0 Å². The van der Waals surface area contributed by atoms with Crippen molar-refractivity contribution in [3.8, 4) is 0 Å². The molecule has 2 aliphatic heterocycles. The van der Waals surface area contributed by atoms with Crippen LogP contribution in [0.15, 0.2) is 0 Å². The van der Waals surface area contributed by atoms with Crippen LogP contribution in [0, 0.1) is 5.92 Å². The van der Waals surface area contributed by atoms with Gasteiger partial charge in [0.15, 0.2) is 0 Å². The number of nitrogens with zero attached hydrogens (tertiary/aromatic N) is 3. The van der Waals surface area contributed by atoms with Crippen molar-refractivity contribution in [2.24, 2.45) is 5.92 Å². The molecule has 0 radical (unpaired) electrons. The smallest absolute Gasteiger partial charge is 0.410 e. The van der Waals surface area contributed by atoms with Crippen LogP contribution in [0.3, 0.4) is 0 Å². The number of piperidine rings is 1. The number of carbonyl (C=O) groups excluding carboxylic acids is 3. The van der Waals surface area contributed by atoms with Crippen molar-refractivity contribution in [2.45, 2.75) is 52.1 Å². The molecule has 1 N–H and O–H groups in total. The molecule has 2 fully saturated rings. The Labute approximate surface area is 161 Å². The van der Waals surface area contributed by atoms with Crippen molar-refractivity contribution in [2.75, 3.05) is 45.9 Å². The van der Waals surface area contributed by atoms with Crippen LogP contribution in [0.1, 0.15) is 46.5 Å². The van der Waals surface area contributed by atoms with Crippen LogP contribution < -0.4 is 0 Å². The standard InChI is InChI=1S/C19H33N3O5/c1-19(2,3)27-18(26)21-11-9-20(10-12-21)16(24)6-7-17(25)22-8-4-5-15(13-22)14-23/h15,23H,4-14H2,1-3H3. The van der Waals surface area contributed by atoms with Gasteiger partial charge < -0.3 is 24.5 Å². The Bertz CT molecular complexity index is 538. The van der Waals surface area contributed by atoms with Crippen LogP contribution in [0.4, 0.5) is 4.79 Å². The van der Waals surface area contributed by atoms with Crippen molar-refractivity contribution in [1.29, 1.82) is 0 Å². The van der Waals surface area contributed by atoms with E-state index in [0.29, 0.717) is 39.3 Å². The van der Waals surface area contributed by atoms with E-state index in [9.17, 15) is 19.5 Å². The second-order valence-electron chi connectivity index (χ2n) is 8.38. The fourth-order valence-corrected chi connectivity index (χ4v) is 3.44. The molecule has 3 amide bonds. The molecular weight excluding hydrogens is 350 g/mol. The van der Waals surface area contributed by atoms with Gasteiger partial charge in [-0.15, -0.1) is 0 Å². The van der Waals surface area contributed by atoms with Crippen LogP contribution in [0.5, 0.6) is 0 Å². The minimum absolute atomic E-state index is 0.0195. The third-order valence-electron chi connectivity index (χ3n) is 4.97. The summed E-state index contributed by atoms with van der Waals surface area (Å²) in [4.78, 5) is 41.9. The Kier molecular flexibility index (Phi) is 7.47. The third kappa shape index (κ3) is 6.68.